The fourth-order valence-electron chi connectivity index (χ4n) is 5.55. The number of nitrogens with zero attached hydrogens (tertiary/aromatic N) is 3. The molecule has 46 heavy (non-hydrogen) atoms. The van der Waals surface area contributed by atoms with Gasteiger partial charge in [0.15, 0.2) is 0 Å². The zero-order valence-electron chi connectivity index (χ0n) is 26.3. The molecular formula is C34H38F2N6O4. The minimum absolute atomic E-state index is 0.0967. The molecule has 1 fully saturated rings. The van der Waals surface area contributed by atoms with Gasteiger partial charge in [-0.3, -0.25) is 23.7 Å². The SMILES string of the molecule is CC(C)(CO)NC(=O)c1ccc(-c2ccn3c(C(=O)Nc4cc(C(=O)NCCN5CCCC5(C)C)ccc4F)cnc3c2)cc1F. The molecule has 4 N–H and O–H groups in total. The highest BCUT2D eigenvalue weighted by Gasteiger charge is 2.31. The Morgan fingerprint density at radius 3 is 2.43 bits per heavy atom. The van der Waals surface area contributed by atoms with Gasteiger partial charge in [-0.1, -0.05) is 6.07 Å². The van der Waals surface area contributed by atoms with Crippen LogP contribution in [0.2, 0.25) is 0 Å². The molecule has 0 atom stereocenters. The van der Waals surface area contributed by atoms with E-state index in [1.54, 1.807) is 38.2 Å². The van der Waals surface area contributed by atoms with E-state index in [0.717, 1.165) is 25.5 Å². The lowest BCUT2D eigenvalue weighted by atomic mass is 10.0. The van der Waals surface area contributed by atoms with E-state index in [1.807, 2.05) is 0 Å². The molecule has 2 aromatic heterocycles. The van der Waals surface area contributed by atoms with Crippen LogP contribution in [0.15, 0.2) is 60.9 Å². The van der Waals surface area contributed by atoms with Gasteiger partial charge in [0.25, 0.3) is 17.7 Å². The molecule has 242 valence electrons. The molecule has 5 rings (SSSR count). The molecule has 1 aliphatic heterocycles. The van der Waals surface area contributed by atoms with Gasteiger partial charge in [-0.2, -0.15) is 0 Å². The van der Waals surface area contributed by atoms with Crippen molar-refractivity contribution >= 4 is 29.1 Å². The Kier molecular flexibility index (Phi) is 9.22. The predicted molar refractivity (Wildman–Crippen MR) is 171 cm³/mol. The van der Waals surface area contributed by atoms with Crippen molar-refractivity contribution in [2.45, 2.75) is 51.6 Å². The molecule has 0 aliphatic carbocycles. The highest BCUT2D eigenvalue weighted by molar-refractivity contribution is 6.04. The van der Waals surface area contributed by atoms with Gasteiger partial charge in [0.05, 0.1) is 29.6 Å². The number of amides is 3. The Morgan fingerprint density at radius 2 is 1.74 bits per heavy atom. The van der Waals surface area contributed by atoms with E-state index in [4.69, 9.17) is 0 Å². The number of fused-ring (bicyclic) bond motifs is 1. The van der Waals surface area contributed by atoms with Crippen molar-refractivity contribution < 1.29 is 28.3 Å². The standard InChI is InChI=1S/C34H38F2N6O4/c1-33(2,20-43)40-31(45)24-8-6-21(16-26(24)36)22-10-14-42-28(19-38-29(42)18-22)32(46)39-27-17-23(7-9-25(27)35)30(44)37-12-15-41-13-5-11-34(41,3)4/h6-10,14,16-19,43H,5,11-13,15,20H2,1-4H3,(H,37,44)(H,39,46)(H,40,45). The van der Waals surface area contributed by atoms with Crippen molar-refractivity contribution in [1.29, 1.82) is 0 Å². The molecule has 0 bridgehead atoms. The van der Waals surface area contributed by atoms with Crippen LogP contribution in [0.4, 0.5) is 14.5 Å². The molecule has 1 saturated heterocycles. The maximum Gasteiger partial charge on any atom is 0.274 e. The Bertz CT molecular complexity index is 1800. The number of hydrogen-bond donors (Lipinski definition) is 4. The maximum atomic E-state index is 14.9. The fourth-order valence-corrected chi connectivity index (χ4v) is 5.55. The fraction of sp³-hybridized carbons (Fsp3) is 0.353. The number of pyridine rings is 1. The van der Waals surface area contributed by atoms with Gasteiger partial charge in [0.1, 0.15) is 23.0 Å². The first-order chi connectivity index (χ1) is 21.8. The number of aromatic nitrogens is 2. The quantitative estimate of drug-likeness (QED) is 0.202. The third kappa shape index (κ3) is 7.08. The van der Waals surface area contributed by atoms with Crippen LogP contribution in [0.3, 0.4) is 0 Å². The molecule has 3 heterocycles. The van der Waals surface area contributed by atoms with Crippen molar-refractivity contribution in [3.63, 3.8) is 0 Å². The Morgan fingerprint density at radius 1 is 0.978 bits per heavy atom. The number of aliphatic hydroxyl groups is 1. The summed E-state index contributed by atoms with van der Waals surface area (Å²) in [7, 11) is 0. The van der Waals surface area contributed by atoms with Crippen molar-refractivity contribution in [3.05, 3.63) is 89.4 Å². The Balaban J connectivity index is 1.27. The van der Waals surface area contributed by atoms with E-state index in [9.17, 15) is 28.3 Å². The van der Waals surface area contributed by atoms with E-state index in [1.165, 1.54) is 34.9 Å². The number of likely N-dealkylation sites (tertiary alicyclic amines) is 1. The first kappa shape index (κ1) is 32.7. The first-order valence-electron chi connectivity index (χ1n) is 15.1. The number of hydrogen-bond acceptors (Lipinski definition) is 6. The molecular weight excluding hydrogens is 594 g/mol. The van der Waals surface area contributed by atoms with Crippen LogP contribution >= 0.6 is 0 Å². The Hall–Kier alpha value is -4.68. The smallest absolute Gasteiger partial charge is 0.274 e. The van der Waals surface area contributed by atoms with Crippen LogP contribution in [-0.4, -0.2) is 74.4 Å². The zero-order valence-corrected chi connectivity index (χ0v) is 26.3. The number of rotatable bonds is 10. The van der Waals surface area contributed by atoms with Crippen LogP contribution in [0, 0.1) is 11.6 Å². The monoisotopic (exact) mass is 632 g/mol. The van der Waals surface area contributed by atoms with Gasteiger partial charge in [-0.15, -0.1) is 0 Å². The number of nitrogens with one attached hydrogen (secondary N) is 3. The van der Waals surface area contributed by atoms with Gasteiger partial charge >= 0.3 is 0 Å². The maximum absolute atomic E-state index is 14.9. The lowest BCUT2D eigenvalue weighted by molar-refractivity contribution is 0.0864. The van der Waals surface area contributed by atoms with Crippen LogP contribution < -0.4 is 16.0 Å². The second-order valence-corrected chi connectivity index (χ2v) is 12.8. The highest BCUT2D eigenvalue weighted by Crippen LogP contribution is 2.28. The summed E-state index contributed by atoms with van der Waals surface area (Å²) in [5, 5.41) is 17.4. The van der Waals surface area contributed by atoms with Gasteiger partial charge < -0.3 is 21.1 Å². The van der Waals surface area contributed by atoms with E-state index in [2.05, 4.69) is 39.7 Å². The van der Waals surface area contributed by atoms with Crippen molar-refractivity contribution in [2.24, 2.45) is 0 Å². The summed E-state index contributed by atoms with van der Waals surface area (Å²) >= 11 is 0. The summed E-state index contributed by atoms with van der Waals surface area (Å²) in [5.74, 6) is -3.08. The zero-order chi connectivity index (χ0) is 33.2. The molecule has 2 aromatic carbocycles. The average molecular weight is 633 g/mol. The van der Waals surface area contributed by atoms with Crippen LogP contribution in [-0.2, 0) is 0 Å². The summed E-state index contributed by atoms with van der Waals surface area (Å²) in [4.78, 5) is 45.1. The minimum Gasteiger partial charge on any atom is -0.394 e. The highest BCUT2D eigenvalue weighted by atomic mass is 19.1. The molecule has 12 heteroatoms. The minimum atomic E-state index is -0.911. The third-order valence-corrected chi connectivity index (χ3v) is 8.36. The molecule has 3 amide bonds. The van der Waals surface area contributed by atoms with Crippen molar-refractivity contribution in [3.8, 4) is 11.1 Å². The summed E-state index contributed by atoms with van der Waals surface area (Å²) < 4.78 is 31.1. The number of anilines is 1. The molecule has 0 unspecified atom stereocenters. The number of aliphatic hydroxyl groups excluding tert-OH is 1. The molecule has 0 saturated carbocycles. The summed E-state index contributed by atoms with van der Waals surface area (Å²) in [5.41, 5.74) is 0.660. The molecule has 0 radical (unpaired) electrons. The summed E-state index contributed by atoms with van der Waals surface area (Å²) in [6, 6.07) is 11.3. The van der Waals surface area contributed by atoms with Crippen molar-refractivity contribution in [2.75, 3.05) is 31.6 Å². The number of benzene rings is 2. The first-order valence-corrected chi connectivity index (χ1v) is 15.1. The second-order valence-electron chi connectivity index (χ2n) is 12.8. The van der Waals surface area contributed by atoms with Gasteiger partial charge in [0.2, 0.25) is 0 Å². The van der Waals surface area contributed by atoms with Gasteiger partial charge in [0, 0.05) is 30.4 Å². The van der Waals surface area contributed by atoms with E-state index in [0.29, 0.717) is 29.9 Å². The largest absolute Gasteiger partial charge is 0.394 e. The van der Waals surface area contributed by atoms with Gasteiger partial charge in [-0.25, -0.2) is 13.8 Å². The van der Waals surface area contributed by atoms with Crippen LogP contribution in [0.1, 0.15) is 71.7 Å². The predicted octanol–water partition coefficient (Wildman–Crippen LogP) is 4.64. The summed E-state index contributed by atoms with van der Waals surface area (Å²) in [6.45, 7) is 9.44. The van der Waals surface area contributed by atoms with Crippen molar-refractivity contribution in [1.82, 2.24) is 24.9 Å². The number of carbonyl (C=O) groups is 3. The molecule has 1 aliphatic rings. The molecule has 4 aromatic rings. The van der Waals surface area contributed by atoms with Crippen LogP contribution in [0.5, 0.6) is 0 Å². The average Bonchev–Trinajstić information content (AvgIpc) is 3.59. The van der Waals surface area contributed by atoms with Gasteiger partial charge in [-0.05, 0) is 101 Å². The molecule has 10 nitrogen and oxygen atoms in total. The normalized spacial score (nSPS) is 14.8. The topological polar surface area (TPSA) is 128 Å². The number of imidazole rings is 1. The van der Waals surface area contributed by atoms with E-state index < -0.39 is 29.0 Å². The number of carbonyl (C=O) groups excluding carboxylic acids is 3. The number of halogens is 2. The van der Waals surface area contributed by atoms with E-state index >= 15 is 0 Å². The lowest BCUT2D eigenvalue weighted by Gasteiger charge is -2.31. The van der Waals surface area contributed by atoms with E-state index in [-0.39, 0.29) is 40.6 Å². The third-order valence-electron chi connectivity index (χ3n) is 8.36. The second kappa shape index (κ2) is 13.0. The Labute approximate surface area is 265 Å². The molecule has 0 spiro atoms. The lowest BCUT2D eigenvalue weighted by Crippen LogP contribution is -2.46. The van der Waals surface area contributed by atoms with Crippen LogP contribution in [0.25, 0.3) is 16.8 Å². The summed E-state index contributed by atoms with van der Waals surface area (Å²) in [6.07, 6.45) is 5.14.